The molecule has 0 spiro atoms. The molecule has 0 atom stereocenters. The lowest BCUT2D eigenvalue weighted by Gasteiger charge is -1.84. The van der Waals surface area contributed by atoms with Gasteiger partial charge in [-0.3, -0.25) is 9.78 Å². The van der Waals surface area contributed by atoms with Crippen LogP contribution in [0.3, 0.4) is 0 Å². The van der Waals surface area contributed by atoms with Crippen molar-refractivity contribution in [1.29, 1.82) is 0 Å². The summed E-state index contributed by atoms with van der Waals surface area (Å²) in [5.41, 5.74) is -0.293. The van der Waals surface area contributed by atoms with Gasteiger partial charge in [0.25, 0.3) is 5.56 Å². The molecule has 8 nitrogen and oxygen atoms in total. The second-order valence-corrected chi connectivity index (χ2v) is 3.11. The van der Waals surface area contributed by atoms with Gasteiger partial charge in [-0.05, 0) is 13.0 Å². The average Bonchev–Trinajstić information content (AvgIpc) is 2.46. The summed E-state index contributed by atoms with van der Waals surface area (Å²) in [5.74, 6) is 0. The highest BCUT2D eigenvalue weighted by Gasteiger charge is 1.88. The first-order valence-electron chi connectivity index (χ1n) is 5.32. The standard InChI is InChI=1S/C5H6N2O2.C4H4N2.C2H6O2/c1-3-2-6-5(9)7-4(3)8;1-2-5-4-6-3-1;3-1-2-4/h2H,1H3,(H2,6,7,8,9);1-4H;3-4H,1-2H2. The van der Waals surface area contributed by atoms with E-state index in [0.717, 1.165) is 0 Å². The van der Waals surface area contributed by atoms with E-state index in [1.165, 1.54) is 12.5 Å². The van der Waals surface area contributed by atoms with Gasteiger partial charge in [-0.2, -0.15) is 0 Å². The Morgan fingerprint density at radius 2 is 1.74 bits per heavy atom. The van der Waals surface area contributed by atoms with Crippen LogP contribution >= 0.6 is 0 Å². The number of H-pyrrole nitrogens is 2. The van der Waals surface area contributed by atoms with Crippen LogP contribution in [0.2, 0.25) is 0 Å². The zero-order valence-corrected chi connectivity index (χ0v) is 10.4. The van der Waals surface area contributed by atoms with Crippen molar-refractivity contribution in [3.05, 3.63) is 57.4 Å². The molecule has 0 bridgehead atoms. The van der Waals surface area contributed by atoms with E-state index in [9.17, 15) is 9.59 Å². The van der Waals surface area contributed by atoms with Crippen molar-refractivity contribution in [1.82, 2.24) is 19.9 Å². The molecule has 0 radical (unpaired) electrons. The van der Waals surface area contributed by atoms with Gasteiger partial charge in [0.15, 0.2) is 0 Å². The van der Waals surface area contributed by atoms with Gasteiger partial charge in [-0.25, -0.2) is 14.8 Å². The zero-order valence-electron chi connectivity index (χ0n) is 10.4. The molecule has 0 aromatic carbocycles. The molecule has 8 heteroatoms. The van der Waals surface area contributed by atoms with Crippen LogP contribution in [0.5, 0.6) is 0 Å². The number of hydrogen-bond acceptors (Lipinski definition) is 6. The largest absolute Gasteiger partial charge is 0.394 e. The van der Waals surface area contributed by atoms with Crippen LogP contribution in [0.15, 0.2) is 40.6 Å². The third-order valence-electron chi connectivity index (χ3n) is 1.58. The number of hydrogen-bond donors (Lipinski definition) is 4. The number of rotatable bonds is 1. The van der Waals surface area contributed by atoms with Crippen LogP contribution in [0, 0.1) is 6.92 Å². The van der Waals surface area contributed by atoms with Crippen molar-refractivity contribution in [2.75, 3.05) is 13.2 Å². The van der Waals surface area contributed by atoms with Gasteiger partial charge in [-0.15, -0.1) is 0 Å². The molecule has 2 heterocycles. The van der Waals surface area contributed by atoms with Crippen LogP contribution in [0.1, 0.15) is 5.56 Å². The average molecular weight is 268 g/mol. The summed E-state index contributed by atoms with van der Waals surface area (Å²) in [6, 6.07) is 1.78. The first-order chi connectivity index (χ1) is 9.11. The highest BCUT2D eigenvalue weighted by Crippen LogP contribution is 1.73. The van der Waals surface area contributed by atoms with Crippen LogP contribution in [-0.4, -0.2) is 43.4 Å². The van der Waals surface area contributed by atoms with Crippen LogP contribution in [0.25, 0.3) is 0 Å². The summed E-state index contributed by atoms with van der Waals surface area (Å²) < 4.78 is 0. The van der Waals surface area contributed by atoms with E-state index in [2.05, 4.69) is 19.9 Å². The maximum absolute atomic E-state index is 10.6. The molecule has 2 aromatic rings. The van der Waals surface area contributed by atoms with E-state index >= 15 is 0 Å². The Kier molecular flexibility index (Phi) is 9.49. The molecular formula is C11H16N4O4. The Labute approximate surface area is 108 Å². The fraction of sp³-hybridized carbons (Fsp3) is 0.273. The predicted octanol–water partition coefficient (Wildman–Crippen LogP) is -1.18. The molecule has 4 N–H and O–H groups in total. The number of aliphatic hydroxyl groups is 2. The minimum Gasteiger partial charge on any atom is -0.394 e. The molecule has 0 fully saturated rings. The summed E-state index contributed by atoms with van der Waals surface area (Å²) in [6.45, 7) is 1.37. The van der Waals surface area contributed by atoms with Gasteiger partial charge >= 0.3 is 5.69 Å². The summed E-state index contributed by atoms with van der Waals surface area (Å²) in [5, 5.41) is 15.2. The van der Waals surface area contributed by atoms with Gasteiger partial charge in [-0.1, -0.05) is 0 Å². The van der Waals surface area contributed by atoms with Gasteiger partial charge in [0.1, 0.15) is 6.33 Å². The highest BCUT2D eigenvalue weighted by molar-refractivity contribution is 4.98. The molecule has 0 aliphatic carbocycles. The molecule has 0 aliphatic rings. The Bertz CT molecular complexity index is 509. The van der Waals surface area contributed by atoms with Crippen LogP contribution in [-0.2, 0) is 0 Å². The Morgan fingerprint density at radius 1 is 1.16 bits per heavy atom. The zero-order chi connectivity index (χ0) is 14.5. The van der Waals surface area contributed by atoms with Gasteiger partial charge in [0.05, 0.1) is 13.2 Å². The second-order valence-electron chi connectivity index (χ2n) is 3.11. The fourth-order valence-corrected chi connectivity index (χ4v) is 0.730. The van der Waals surface area contributed by atoms with Gasteiger partial charge in [0, 0.05) is 24.2 Å². The summed E-state index contributed by atoms with van der Waals surface area (Å²) in [4.78, 5) is 32.6. The van der Waals surface area contributed by atoms with E-state index < -0.39 is 5.69 Å². The molecule has 0 aliphatic heterocycles. The number of aromatic amines is 2. The number of aryl methyl sites for hydroxylation is 1. The van der Waals surface area contributed by atoms with E-state index in [1.54, 1.807) is 25.4 Å². The van der Waals surface area contributed by atoms with E-state index in [0.29, 0.717) is 5.56 Å². The van der Waals surface area contributed by atoms with Crippen molar-refractivity contribution < 1.29 is 10.2 Å². The normalized spacial score (nSPS) is 8.58. The smallest absolute Gasteiger partial charge is 0.325 e. The second kappa shape index (κ2) is 10.8. The molecule has 2 rings (SSSR count). The number of aromatic nitrogens is 4. The lowest BCUT2D eigenvalue weighted by atomic mass is 10.4. The van der Waals surface area contributed by atoms with Crippen molar-refractivity contribution in [2.24, 2.45) is 0 Å². The molecule has 19 heavy (non-hydrogen) atoms. The lowest BCUT2D eigenvalue weighted by molar-refractivity contribution is 0.186. The predicted molar refractivity (Wildman–Crippen MR) is 68.6 cm³/mol. The van der Waals surface area contributed by atoms with Crippen molar-refractivity contribution in [2.45, 2.75) is 6.92 Å². The number of nitrogens with zero attached hydrogens (tertiary/aromatic N) is 2. The van der Waals surface area contributed by atoms with Crippen molar-refractivity contribution in [3.8, 4) is 0 Å². The van der Waals surface area contributed by atoms with Crippen LogP contribution < -0.4 is 11.2 Å². The molecule has 0 saturated heterocycles. The molecule has 0 saturated carbocycles. The quantitative estimate of drug-likeness (QED) is 0.514. The van der Waals surface area contributed by atoms with Gasteiger partial charge < -0.3 is 15.2 Å². The third-order valence-corrected chi connectivity index (χ3v) is 1.58. The first kappa shape index (κ1) is 16.7. The molecule has 0 unspecified atom stereocenters. The van der Waals surface area contributed by atoms with Crippen LogP contribution in [0.4, 0.5) is 0 Å². The minimum absolute atomic E-state index is 0.125. The first-order valence-corrected chi connectivity index (χ1v) is 5.32. The lowest BCUT2D eigenvalue weighted by Crippen LogP contribution is -2.22. The summed E-state index contributed by atoms with van der Waals surface area (Å²) in [6.07, 6.45) is 6.25. The summed E-state index contributed by atoms with van der Waals surface area (Å²) >= 11 is 0. The highest BCUT2D eigenvalue weighted by atomic mass is 16.3. The fourth-order valence-electron chi connectivity index (χ4n) is 0.730. The number of nitrogens with one attached hydrogen (secondary N) is 2. The maximum Gasteiger partial charge on any atom is 0.325 e. The van der Waals surface area contributed by atoms with Crippen molar-refractivity contribution in [3.63, 3.8) is 0 Å². The van der Waals surface area contributed by atoms with E-state index in [4.69, 9.17) is 10.2 Å². The third kappa shape index (κ3) is 9.39. The Hall–Kier alpha value is -2.32. The molecule has 2 aromatic heterocycles. The monoisotopic (exact) mass is 268 g/mol. The Balaban J connectivity index is 0.000000281. The minimum atomic E-state index is -0.467. The van der Waals surface area contributed by atoms with E-state index in [-0.39, 0.29) is 18.8 Å². The van der Waals surface area contributed by atoms with Gasteiger partial charge in [0.2, 0.25) is 0 Å². The SMILES string of the molecule is Cc1c[nH]c(=O)[nH]c1=O.OCCO.c1cncnc1. The van der Waals surface area contributed by atoms with E-state index in [1.807, 2.05) is 0 Å². The topological polar surface area (TPSA) is 132 Å². The maximum atomic E-state index is 10.6. The molecule has 104 valence electrons. The molecule has 0 amide bonds. The Morgan fingerprint density at radius 3 is 2.00 bits per heavy atom. The number of aliphatic hydroxyl groups excluding tert-OH is 2. The van der Waals surface area contributed by atoms with Crippen molar-refractivity contribution >= 4 is 0 Å². The molecular weight excluding hydrogens is 252 g/mol. The summed E-state index contributed by atoms with van der Waals surface area (Å²) in [7, 11) is 0.